The highest BCUT2D eigenvalue weighted by Gasteiger charge is 2.50. The number of rotatable bonds is 9. The summed E-state index contributed by atoms with van der Waals surface area (Å²) in [6.45, 7) is 18.2. The minimum Gasteiger partial charge on any atom is -0.414 e. The number of allylic oxidation sites excluding steroid dienone is 2. The second kappa shape index (κ2) is 9.47. The molecule has 0 radical (unpaired) electrons. The summed E-state index contributed by atoms with van der Waals surface area (Å²) >= 11 is 0. The summed E-state index contributed by atoms with van der Waals surface area (Å²) in [6, 6.07) is 3.74. The zero-order valence-electron chi connectivity index (χ0n) is 19.9. The summed E-state index contributed by atoms with van der Waals surface area (Å²) in [5, 5.41) is 0. The van der Waals surface area contributed by atoms with E-state index in [9.17, 15) is 4.21 Å². The Kier molecular flexibility index (Phi) is 8.23. The van der Waals surface area contributed by atoms with Crippen LogP contribution in [0.5, 0.6) is 0 Å². The van der Waals surface area contributed by atoms with Crippen LogP contribution in [0.4, 0.5) is 0 Å². The summed E-state index contributed by atoms with van der Waals surface area (Å²) in [6.07, 6.45) is 9.07. The smallest absolute Gasteiger partial charge is 0.192 e. The molecule has 2 aliphatic carbocycles. The third kappa shape index (κ3) is 5.03. The fourth-order valence-corrected chi connectivity index (χ4v) is 9.80. The maximum Gasteiger partial charge on any atom is 0.192 e. The molecular formula is C24H46O2SSi. The van der Waals surface area contributed by atoms with Crippen LogP contribution in [0.25, 0.3) is 0 Å². The lowest BCUT2D eigenvalue weighted by Crippen LogP contribution is -2.48. The Bertz CT molecular complexity index is 567. The molecule has 0 bridgehead atoms. The second-order valence-electron chi connectivity index (χ2n) is 10.6. The summed E-state index contributed by atoms with van der Waals surface area (Å²) in [5.41, 5.74) is 1.94. The van der Waals surface area contributed by atoms with Gasteiger partial charge in [0.05, 0.1) is 0 Å². The van der Waals surface area contributed by atoms with Crippen molar-refractivity contribution in [2.45, 2.75) is 116 Å². The van der Waals surface area contributed by atoms with Crippen molar-refractivity contribution in [3.63, 3.8) is 0 Å². The molecule has 1 saturated carbocycles. The van der Waals surface area contributed by atoms with Crippen LogP contribution in [0, 0.1) is 17.3 Å². The van der Waals surface area contributed by atoms with Crippen molar-refractivity contribution in [2.24, 2.45) is 17.3 Å². The minimum absolute atomic E-state index is 0.103. The minimum atomic E-state index is -1.56. The number of fused-ring (bicyclic) bond motifs is 1. The molecule has 2 aliphatic rings. The monoisotopic (exact) mass is 426 g/mol. The molecule has 28 heavy (non-hydrogen) atoms. The lowest BCUT2D eigenvalue weighted by molar-refractivity contribution is 0.0176. The normalized spacial score (nSPS) is 30.6. The lowest BCUT2D eigenvalue weighted by Gasteiger charge is -2.48. The van der Waals surface area contributed by atoms with Gasteiger partial charge in [0.25, 0.3) is 0 Å². The molecule has 5 atom stereocenters. The van der Waals surface area contributed by atoms with E-state index in [2.05, 4.69) is 61.5 Å². The first kappa shape index (κ1) is 24.3. The van der Waals surface area contributed by atoms with Gasteiger partial charge in [-0.25, -0.2) is 0 Å². The van der Waals surface area contributed by atoms with Gasteiger partial charge in [-0.3, -0.25) is 4.21 Å². The highest BCUT2D eigenvalue weighted by Crippen LogP contribution is 2.56. The standard InChI is InChI=1S/C24H46O2SSi/c1-9-28(10-2,11-3)26-22-13-12-17-24(8)20(14-15-21(22)24)19(4)16-18-27(25)23(5,6)7/h14,19,21-22H,9-13,15-18H2,1-8H3/t19-,21+,22+,24-,27?/m1/s1. The van der Waals surface area contributed by atoms with Crippen molar-refractivity contribution in [1.82, 2.24) is 0 Å². The Balaban J connectivity index is 2.09. The van der Waals surface area contributed by atoms with Gasteiger partial charge in [0.1, 0.15) is 0 Å². The van der Waals surface area contributed by atoms with E-state index in [1.807, 2.05) is 0 Å². The molecule has 0 N–H and O–H groups in total. The van der Waals surface area contributed by atoms with Crippen LogP contribution in [-0.4, -0.2) is 29.1 Å². The van der Waals surface area contributed by atoms with E-state index in [-0.39, 0.29) is 4.75 Å². The molecule has 1 fully saturated rings. The molecule has 2 rings (SSSR count). The molecule has 0 aromatic rings. The number of hydrogen-bond donors (Lipinski definition) is 0. The topological polar surface area (TPSA) is 26.3 Å². The van der Waals surface area contributed by atoms with Gasteiger partial charge in [-0.2, -0.15) is 0 Å². The van der Waals surface area contributed by atoms with Gasteiger partial charge in [0.2, 0.25) is 0 Å². The highest BCUT2D eigenvalue weighted by atomic mass is 32.2. The zero-order valence-corrected chi connectivity index (χ0v) is 21.7. The van der Waals surface area contributed by atoms with Crippen LogP contribution in [0.3, 0.4) is 0 Å². The van der Waals surface area contributed by atoms with Crippen LogP contribution in [0.2, 0.25) is 18.1 Å². The van der Waals surface area contributed by atoms with Gasteiger partial charge in [0.15, 0.2) is 8.32 Å². The molecule has 0 amide bonds. The van der Waals surface area contributed by atoms with Crippen LogP contribution in [-0.2, 0) is 15.2 Å². The summed E-state index contributed by atoms with van der Waals surface area (Å²) in [5.74, 6) is 2.01. The van der Waals surface area contributed by atoms with Crippen LogP contribution >= 0.6 is 0 Å². The first-order chi connectivity index (χ1) is 13.0. The van der Waals surface area contributed by atoms with E-state index >= 15 is 0 Å². The SMILES string of the molecule is CC[Si](CC)(CC)O[C@H]1CCC[C@]2(C)C([C@H](C)CCS(=O)C(C)(C)C)=CC[C@@H]12. The maximum absolute atomic E-state index is 12.5. The third-order valence-corrected chi connectivity index (χ3v) is 14.6. The van der Waals surface area contributed by atoms with Gasteiger partial charge >= 0.3 is 0 Å². The molecule has 164 valence electrons. The van der Waals surface area contributed by atoms with Crippen molar-refractivity contribution in [1.29, 1.82) is 0 Å². The molecule has 0 spiro atoms. The Morgan fingerprint density at radius 2 is 1.86 bits per heavy atom. The van der Waals surface area contributed by atoms with Crippen molar-refractivity contribution in [3.05, 3.63) is 11.6 Å². The summed E-state index contributed by atoms with van der Waals surface area (Å²) in [4.78, 5) is 0. The van der Waals surface area contributed by atoms with Gasteiger partial charge in [0, 0.05) is 27.4 Å². The lowest BCUT2D eigenvalue weighted by atomic mass is 9.63. The fourth-order valence-electron chi connectivity index (χ4n) is 5.70. The molecule has 0 aromatic carbocycles. The predicted octanol–water partition coefficient (Wildman–Crippen LogP) is 7.09. The van der Waals surface area contributed by atoms with E-state index in [4.69, 9.17) is 4.43 Å². The average Bonchev–Trinajstić information content (AvgIpc) is 3.01. The van der Waals surface area contributed by atoms with Gasteiger partial charge in [-0.05, 0) is 81.8 Å². The van der Waals surface area contributed by atoms with Crippen LogP contribution in [0.15, 0.2) is 11.6 Å². The molecule has 0 heterocycles. The van der Waals surface area contributed by atoms with Gasteiger partial charge < -0.3 is 4.43 Å². The highest BCUT2D eigenvalue weighted by molar-refractivity contribution is 7.86. The Hall–Kier alpha value is 0.0669. The molecule has 0 aromatic heterocycles. The van der Waals surface area contributed by atoms with Crippen molar-refractivity contribution < 1.29 is 8.63 Å². The molecule has 0 aliphatic heterocycles. The van der Waals surface area contributed by atoms with E-state index in [0.29, 0.717) is 23.4 Å². The average molecular weight is 427 g/mol. The van der Waals surface area contributed by atoms with Crippen molar-refractivity contribution in [3.8, 4) is 0 Å². The summed E-state index contributed by atoms with van der Waals surface area (Å²) in [7, 11) is -2.31. The van der Waals surface area contributed by atoms with E-state index in [0.717, 1.165) is 12.2 Å². The van der Waals surface area contributed by atoms with Crippen molar-refractivity contribution >= 4 is 19.1 Å². The van der Waals surface area contributed by atoms with Crippen molar-refractivity contribution in [2.75, 3.05) is 5.75 Å². The fraction of sp³-hybridized carbons (Fsp3) is 0.917. The Morgan fingerprint density at radius 1 is 1.25 bits per heavy atom. The second-order valence-corrected chi connectivity index (χ2v) is 17.6. The summed E-state index contributed by atoms with van der Waals surface area (Å²) < 4.78 is 19.5. The van der Waals surface area contributed by atoms with Gasteiger partial charge in [-0.15, -0.1) is 0 Å². The van der Waals surface area contributed by atoms with E-state index in [1.54, 1.807) is 5.57 Å². The molecular weight excluding hydrogens is 380 g/mol. The Morgan fingerprint density at radius 3 is 2.39 bits per heavy atom. The predicted molar refractivity (Wildman–Crippen MR) is 127 cm³/mol. The van der Waals surface area contributed by atoms with Crippen LogP contribution in [0.1, 0.15) is 87.5 Å². The largest absolute Gasteiger partial charge is 0.414 e. The molecule has 0 saturated heterocycles. The Labute approximate surface area is 178 Å². The molecule has 2 nitrogen and oxygen atoms in total. The van der Waals surface area contributed by atoms with E-state index < -0.39 is 19.1 Å². The van der Waals surface area contributed by atoms with E-state index in [1.165, 1.54) is 43.8 Å². The van der Waals surface area contributed by atoms with Gasteiger partial charge in [-0.1, -0.05) is 52.7 Å². The quantitative estimate of drug-likeness (QED) is 0.290. The molecule has 1 unspecified atom stereocenters. The maximum atomic E-state index is 12.5. The van der Waals surface area contributed by atoms with Crippen LogP contribution < -0.4 is 0 Å². The molecule has 4 heteroatoms. The first-order valence-corrected chi connectivity index (χ1v) is 15.6. The zero-order chi connectivity index (χ0) is 21.2. The first-order valence-electron chi connectivity index (χ1n) is 11.8. The third-order valence-electron chi connectivity index (χ3n) is 7.99. The number of hydrogen-bond acceptors (Lipinski definition) is 2.